The molecular formula is C17H35NO2S. The second kappa shape index (κ2) is 6.57. The quantitative estimate of drug-likeness (QED) is 0.861. The normalized spacial score (nSPS) is 28.6. The molecule has 3 unspecified atom stereocenters. The van der Waals surface area contributed by atoms with Crippen LogP contribution in [0, 0.1) is 17.3 Å². The molecule has 0 amide bonds. The largest absolute Gasteiger partial charge is 0.317 e. The van der Waals surface area contributed by atoms with Crippen molar-refractivity contribution in [2.45, 2.75) is 78.0 Å². The van der Waals surface area contributed by atoms with E-state index in [0.29, 0.717) is 29.0 Å². The fourth-order valence-corrected chi connectivity index (χ4v) is 4.59. The average Bonchev–Trinajstić information content (AvgIpc) is 2.33. The lowest BCUT2D eigenvalue weighted by molar-refractivity contribution is 0.115. The summed E-state index contributed by atoms with van der Waals surface area (Å²) in [6, 6.07) is 0.471. The molecular weight excluding hydrogens is 282 g/mol. The summed E-state index contributed by atoms with van der Waals surface area (Å²) in [5.41, 5.74) is 0.319. The van der Waals surface area contributed by atoms with Crippen LogP contribution < -0.4 is 5.32 Å². The van der Waals surface area contributed by atoms with E-state index in [1.165, 1.54) is 12.8 Å². The van der Waals surface area contributed by atoms with Crippen molar-refractivity contribution in [2.24, 2.45) is 17.3 Å². The summed E-state index contributed by atoms with van der Waals surface area (Å²) in [7, 11) is -1.00. The number of sulfone groups is 1. The average molecular weight is 318 g/mol. The molecule has 0 aliphatic heterocycles. The van der Waals surface area contributed by atoms with Gasteiger partial charge < -0.3 is 5.32 Å². The Kier molecular flexibility index (Phi) is 5.93. The zero-order valence-electron chi connectivity index (χ0n) is 15.0. The summed E-state index contributed by atoms with van der Waals surface area (Å²) < 4.78 is 24.1. The Morgan fingerprint density at radius 3 is 2.05 bits per heavy atom. The van der Waals surface area contributed by atoms with Crippen molar-refractivity contribution < 1.29 is 8.42 Å². The molecule has 0 heterocycles. The Morgan fingerprint density at radius 1 is 1.05 bits per heavy atom. The highest BCUT2D eigenvalue weighted by Gasteiger charge is 2.37. The molecule has 21 heavy (non-hydrogen) atoms. The van der Waals surface area contributed by atoms with E-state index >= 15 is 0 Å². The van der Waals surface area contributed by atoms with Crippen LogP contribution in [0.4, 0.5) is 0 Å². The van der Waals surface area contributed by atoms with Gasteiger partial charge in [0.2, 0.25) is 0 Å². The van der Waals surface area contributed by atoms with Gasteiger partial charge in [0.15, 0.2) is 9.84 Å². The molecule has 0 saturated heterocycles. The number of hydrogen-bond acceptors (Lipinski definition) is 3. The van der Waals surface area contributed by atoms with Crippen LogP contribution in [-0.2, 0) is 9.84 Å². The highest BCUT2D eigenvalue weighted by molar-refractivity contribution is 7.92. The molecule has 0 aromatic carbocycles. The number of nitrogens with one attached hydrogen (secondary N) is 1. The first-order valence-electron chi connectivity index (χ1n) is 8.28. The van der Waals surface area contributed by atoms with Gasteiger partial charge in [0.1, 0.15) is 0 Å². The van der Waals surface area contributed by atoms with E-state index in [0.717, 1.165) is 12.8 Å². The van der Waals surface area contributed by atoms with E-state index in [9.17, 15) is 8.42 Å². The van der Waals surface area contributed by atoms with Crippen molar-refractivity contribution in [1.82, 2.24) is 5.32 Å². The first-order valence-corrected chi connectivity index (χ1v) is 9.93. The van der Waals surface area contributed by atoms with Gasteiger partial charge in [-0.3, -0.25) is 0 Å². The van der Waals surface area contributed by atoms with Gasteiger partial charge >= 0.3 is 0 Å². The van der Waals surface area contributed by atoms with Crippen LogP contribution in [0.15, 0.2) is 0 Å². The molecule has 0 bridgehead atoms. The number of rotatable bonds is 4. The van der Waals surface area contributed by atoms with Gasteiger partial charge in [-0.25, -0.2) is 8.42 Å². The second-order valence-electron chi connectivity index (χ2n) is 8.75. The smallest absolute Gasteiger partial charge is 0.155 e. The van der Waals surface area contributed by atoms with Crippen LogP contribution in [0.25, 0.3) is 0 Å². The molecule has 0 aromatic heterocycles. The van der Waals surface area contributed by atoms with Crippen molar-refractivity contribution in [2.75, 3.05) is 12.8 Å². The maximum atomic E-state index is 12.3. The zero-order valence-corrected chi connectivity index (χ0v) is 15.8. The van der Waals surface area contributed by atoms with Crippen molar-refractivity contribution >= 4 is 9.84 Å². The first kappa shape index (κ1) is 19.0. The lowest BCUT2D eigenvalue weighted by Crippen LogP contribution is -2.42. The maximum absolute atomic E-state index is 12.3. The van der Waals surface area contributed by atoms with Crippen molar-refractivity contribution in [1.29, 1.82) is 0 Å². The highest BCUT2D eigenvalue weighted by Crippen LogP contribution is 2.41. The molecule has 0 aromatic rings. The van der Waals surface area contributed by atoms with Crippen LogP contribution in [-0.4, -0.2) is 32.0 Å². The molecule has 126 valence electrons. The van der Waals surface area contributed by atoms with Crippen molar-refractivity contribution in [3.05, 3.63) is 0 Å². The van der Waals surface area contributed by atoms with Crippen LogP contribution in [0.5, 0.6) is 0 Å². The lowest BCUT2D eigenvalue weighted by Gasteiger charge is -2.42. The van der Waals surface area contributed by atoms with Gasteiger partial charge in [0.25, 0.3) is 0 Å². The molecule has 3 nitrogen and oxygen atoms in total. The Morgan fingerprint density at radius 2 is 1.62 bits per heavy atom. The third-order valence-electron chi connectivity index (χ3n) is 5.27. The zero-order chi connectivity index (χ0) is 16.5. The van der Waals surface area contributed by atoms with E-state index in [4.69, 9.17) is 0 Å². The Bertz CT molecular complexity index is 429. The summed E-state index contributed by atoms with van der Waals surface area (Å²) in [4.78, 5) is 0. The minimum atomic E-state index is -3.01. The fourth-order valence-electron chi connectivity index (χ4n) is 3.36. The summed E-state index contributed by atoms with van der Waals surface area (Å²) in [5.74, 6) is 1.49. The van der Waals surface area contributed by atoms with Crippen LogP contribution in [0.2, 0.25) is 0 Å². The third kappa shape index (κ3) is 4.95. The third-order valence-corrected chi connectivity index (χ3v) is 7.91. The Balaban J connectivity index is 2.74. The first-order chi connectivity index (χ1) is 9.38. The molecule has 1 aliphatic carbocycles. The molecule has 1 rings (SSSR count). The molecule has 1 saturated carbocycles. The van der Waals surface area contributed by atoms with Crippen LogP contribution in [0.1, 0.15) is 67.2 Å². The van der Waals surface area contributed by atoms with Gasteiger partial charge in [-0.05, 0) is 70.8 Å². The van der Waals surface area contributed by atoms with E-state index in [-0.39, 0.29) is 0 Å². The SMILES string of the molecule is CNC1CCC(C(C)(C)C)CC1CCS(=O)(=O)C(C)(C)C. The lowest BCUT2D eigenvalue weighted by atomic mass is 9.67. The predicted octanol–water partition coefficient (Wildman–Crippen LogP) is 3.64. The van der Waals surface area contributed by atoms with Gasteiger partial charge in [-0.1, -0.05) is 20.8 Å². The van der Waals surface area contributed by atoms with Crippen molar-refractivity contribution in [3.63, 3.8) is 0 Å². The van der Waals surface area contributed by atoms with Gasteiger partial charge in [-0.15, -0.1) is 0 Å². The maximum Gasteiger partial charge on any atom is 0.155 e. The van der Waals surface area contributed by atoms with Crippen molar-refractivity contribution in [3.8, 4) is 0 Å². The molecule has 0 spiro atoms. The topological polar surface area (TPSA) is 46.2 Å². The molecule has 1 aliphatic rings. The monoisotopic (exact) mass is 317 g/mol. The Hall–Kier alpha value is -0.0900. The van der Waals surface area contributed by atoms with E-state index < -0.39 is 14.6 Å². The summed E-state index contributed by atoms with van der Waals surface area (Å²) in [6.07, 6.45) is 4.35. The van der Waals surface area contributed by atoms with Gasteiger partial charge in [-0.2, -0.15) is 0 Å². The van der Waals surface area contributed by atoms with Crippen LogP contribution >= 0.6 is 0 Å². The molecule has 3 atom stereocenters. The second-order valence-corrected chi connectivity index (χ2v) is 11.6. The van der Waals surface area contributed by atoms with Gasteiger partial charge in [0.05, 0.1) is 10.5 Å². The summed E-state index contributed by atoms with van der Waals surface area (Å²) >= 11 is 0. The minimum Gasteiger partial charge on any atom is -0.317 e. The summed E-state index contributed by atoms with van der Waals surface area (Å²) in [6.45, 7) is 12.3. The standard InChI is InChI=1S/C17H35NO2S/c1-16(2,3)14-8-9-15(18-7)13(12-14)10-11-21(19,20)17(4,5)6/h13-15,18H,8-12H2,1-7H3. The molecule has 4 heteroatoms. The fraction of sp³-hybridized carbons (Fsp3) is 1.00. The molecule has 1 N–H and O–H groups in total. The molecule has 1 fully saturated rings. The predicted molar refractivity (Wildman–Crippen MR) is 91.3 cm³/mol. The van der Waals surface area contributed by atoms with E-state index in [1.54, 1.807) is 20.8 Å². The van der Waals surface area contributed by atoms with Crippen LogP contribution in [0.3, 0.4) is 0 Å². The minimum absolute atomic E-state index is 0.316. The molecule has 0 radical (unpaired) electrons. The highest BCUT2D eigenvalue weighted by atomic mass is 32.2. The van der Waals surface area contributed by atoms with E-state index in [1.807, 2.05) is 7.05 Å². The van der Waals surface area contributed by atoms with Gasteiger partial charge in [0, 0.05) is 6.04 Å². The number of hydrogen-bond donors (Lipinski definition) is 1. The summed E-state index contributed by atoms with van der Waals surface area (Å²) in [5, 5.41) is 3.41. The Labute approximate surface area is 132 Å². The van der Waals surface area contributed by atoms with E-state index in [2.05, 4.69) is 26.1 Å².